The quantitative estimate of drug-likeness (QED) is 0.341. The van der Waals surface area contributed by atoms with Crippen LogP contribution in [0.1, 0.15) is 47.1 Å². The molecule has 8 heteroatoms. The van der Waals surface area contributed by atoms with Crippen LogP contribution < -0.4 is 5.32 Å². The number of esters is 1. The summed E-state index contributed by atoms with van der Waals surface area (Å²) in [6.45, 7) is 6.31. The largest absolute Gasteiger partial charge is 0.454 e. The second kappa shape index (κ2) is 8.64. The first-order valence-electron chi connectivity index (χ1n) is 8.86. The highest BCUT2D eigenvalue weighted by atomic mass is 16.6. The molecule has 0 unspecified atom stereocenters. The van der Waals surface area contributed by atoms with Gasteiger partial charge in [-0.25, -0.2) is 4.79 Å². The van der Waals surface area contributed by atoms with Gasteiger partial charge in [0, 0.05) is 22.2 Å². The van der Waals surface area contributed by atoms with Crippen molar-refractivity contribution >= 4 is 29.0 Å². The summed E-state index contributed by atoms with van der Waals surface area (Å²) in [6, 6.07) is 10.5. The van der Waals surface area contributed by atoms with Crippen LogP contribution in [-0.4, -0.2) is 29.2 Å². The van der Waals surface area contributed by atoms with Crippen molar-refractivity contribution in [2.75, 3.05) is 11.9 Å². The molecule has 2 aromatic carbocycles. The Kier molecular flexibility index (Phi) is 6.48. The zero-order valence-corrected chi connectivity index (χ0v) is 16.6. The molecule has 0 fully saturated rings. The molecule has 0 aliphatic heterocycles. The molecule has 0 heterocycles. The molecule has 8 nitrogen and oxygen atoms in total. The van der Waals surface area contributed by atoms with E-state index >= 15 is 0 Å². The number of nitrogens with one attached hydrogen (secondary N) is 1. The van der Waals surface area contributed by atoms with Crippen LogP contribution in [-0.2, 0) is 9.53 Å². The lowest BCUT2D eigenvalue weighted by Gasteiger charge is -2.17. The van der Waals surface area contributed by atoms with Crippen LogP contribution in [0.2, 0.25) is 0 Å². The molecule has 0 aliphatic carbocycles. The van der Waals surface area contributed by atoms with E-state index in [1.807, 2.05) is 0 Å². The molecule has 0 aromatic heterocycles. The van der Waals surface area contributed by atoms with Crippen LogP contribution in [0, 0.1) is 22.5 Å². The molecule has 2 aromatic rings. The monoisotopic (exact) mass is 398 g/mol. The Labute approximate surface area is 168 Å². The summed E-state index contributed by atoms with van der Waals surface area (Å²) in [5, 5.41) is 13.9. The smallest absolute Gasteiger partial charge is 0.345 e. The van der Waals surface area contributed by atoms with Gasteiger partial charge in [-0.2, -0.15) is 0 Å². The zero-order chi connectivity index (χ0) is 21.8. The topological polar surface area (TPSA) is 116 Å². The lowest BCUT2D eigenvalue weighted by Crippen LogP contribution is -2.27. The first kappa shape index (κ1) is 21.7. The van der Waals surface area contributed by atoms with Crippen LogP contribution >= 0.6 is 0 Å². The predicted molar refractivity (Wildman–Crippen MR) is 107 cm³/mol. The minimum absolute atomic E-state index is 0.162. The molecule has 152 valence electrons. The van der Waals surface area contributed by atoms with Crippen LogP contribution in [0.4, 0.5) is 11.4 Å². The normalized spacial score (nSPS) is 10.9. The maximum Gasteiger partial charge on any atom is 0.345 e. The molecule has 0 bridgehead atoms. The second-order valence-corrected chi connectivity index (χ2v) is 7.51. The summed E-state index contributed by atoms with van der Waals surface area (Å²) in [5.41, 5.74) is 0.0379. The molecule has 2 rings (SSSR count). The van der Waals surface area contributed by atoms with E-state index in [0.717, 1.165) is 0 Å². The average Bonchev–Trinajstić information content (AvgIpc) is 2.65. The first-order chi connectivity index (χ1) is 13.5. The molecule has 0 aliphatic rings. The number of nitrogens with zero attached hydrogens (tertiary/aromatic N) is 1. The average molecular weight is 398 g/mol. The number of carbonyl (C=O) groups excluding carboxylic acids is 3. The number of nitro benzene ring substituents is 1. The molecule has 29 heavy (non-hydrogen) atoms. The number of hydrogen-bond donors (Lipinski definition) is 1. The van der Waals surface area contributed by atoms with Gasteiger partial charge in [-0.15, -0.1) is 0 Å². The van der Waals surface area contributed by atoms with Crippen LogP contribution in [0.15, 0.2) is 42.5 Å². The van der Waals surface area contributed by atoms with Gasteiger partial charge in [-0.1, -0.05) is 32.9 Å². The lowest BCUT2D eigenvalue weighted by atomic mass is 9.95. The Bertz CT molecular complexity index is 958. The van der Waals surface area contributed by atoms with Crippen molar-refractivity contribution in [2.45, 2.75) is 27.7 Å². The van der Waals surface area contributed by atoms with Gasteiger partial charge >= 0.3 is 5.97 Å². The second-order valence-electron chi connectivity index (χ2n) is 7.51. The van der Waals surface area contributed by atoms with Gasteiger partial charge < -0.3 is 10.1 Å². The Morgan fingerprint density at radius 3 is 2.24 bits per heavy atom. The van der Waals surface area contributed by atoms with Gasteiger partial charge in [0.1, 0.15) is 5.56 Å². The molecule has 0 radical (unpaired) electrons. The minimum atomic E-state index is -0.942. The molecule has 1 N–H and O–H groups in total. The van der Waals surface area contributed by atoms with Crippen molar-refractivity contribution in [2.24, 2.45) is 5.41 Å². The number of hydrogen-bond acceptors (Lipinski definition) is 6. The van der Waals surface area contributed by atoms with E-state index in [1.165, 1.54) is 37.3 Å². The summed E-state index contributed by atoms with van der Waals surface area (Å²) < 4.78 is 4.97. The first-order valence-corrected chi connectivity index (χ1v) is 8.86. The van der Waals surface area contributed by atoms with E-state index in [9.17, 15) is 24.5 Å². The van der Waals surface area contributed by atoms with Gasteiger partial charge in [0.15, 0.2) is 12.4 Å². The SMILES string of the molecule is Cc1cccc(C(=O)OCC(=O)c2ccc(NC(=O)C(C)(C)C)cc2)c1[N+](=O)[O-]. The van der Waals surface area contributed by atoms with Gasteiger partial charge in [0.2, 0.25) is 5.91 Å². The number of nitro groups is 1. The highest BCUT2D eigenvalue weighted by Gasteiger charge is 2.24. The fraction of sp³-hybridized carbons (Fsp3) is 0.286. The van der Waals surface area contributed by atoms with Gasteiger partial charge in [-0.05, 0) is 37.3 Å². The van der Waals surface area contributed by atoms with Crippen molar-refractivity contribution < 1.29 is 24.0 Å². The standard InChI is InChI=1S/C21H22N2O6/c1-13-6-5-7-16(18(13)23(27)28)19(25)29-12-17(24)14-8-10-15(11-9-14)22-20(26)21(2,3)4/h5-11H,12H2,1-4H3,(H,22,26). The predicted octanol–water partition coefficient (Wildman–Crippen LogP) is 3.93. The summed E-state index contributed by atoms with van der Waals surface area (Å²) >= 11 is 0. The van der Waals surface area contributed by atoms with Crippen molar-refractivity contribution in [3.63, 3.8) is 0 Å². The Morgan fingerprint density at radius 2 is 1.69 bits per heavy atom. The number of aryl methyl sites for hydroxylation is 1. The third-order valence-corrected chi connectivity index (χ3v) is 4.12. The summed E-state index contributed by atoms with van der Waals surface area (Å²) in [5.74, 6) is -1.57. The van der Waals surface area contributed by atoms with E-state index < -0.39 is 28.7 Å². The zero-order valence-electron chi connectivity index (χ0n) is 16.6. The van der Waals surface area contributed by atoms with Gasteiger partial charge in [0.05, 0.1) is 4.92 Å². The van der Waals surface area contributed by atoms with Crippen LogP contribution in [0.25, 0.3) is 0 Å². The molecule has 0 saturated heterocycles. The van der Waals surface area contributed by atoms with E-state index in [1.54, 1.807) is 32.9 Å². The van der Waals surface area contributed by atoms with Crippen molar-refractivity contribution in [3.8, 4) is 0 Å². The number of ketones is 1. The number of carbonyl (C=O) groups is 3. The maximum atomic E-state index is 12.3. The molecule has 0 saturated carbocycles. The third-order valence-electron chi connectivity index (χ3n) is 4.12. The molecule has 0 atom stereocenters. The van der Waals surface area contributed by atoms with E-state index in [-0.39, 0.29) is 22.7 Å². The van der Waals surface area contributed by atoms with Gasteiger partial charge in [-0.3, -0.25) is 19.7 Å². The highest BCUT2D eigenvalue weighted by Crippen LogP contribution is 2.24. The summed E-state index contributed by atoms with van der Waals surface area (Å²) in [6.07, 6.45) is 0. The van der Waals surface area contributed by atoms with E-state index in [2.05, 4.69) is 5.32 Å². The fourth-order valence-electron chi connectivity index (χ4n) is 2.42. The maximum absolute atomic E-state index is 12.3. The minimum Gasteiger partial charge on any atom is -0.454 e. The Balaban J connectivity index is 2.03. The van der Waals surface area contributed by atoms with E-state index in [4.69, 9.17) is 4.74 Å². The molecule has 0 spiro atoms. The van der Waals surface area contributed by atoms with E-state index in [0.29, 0.717) is 11.3 Å². The van der Waals surface area contributed by atoms with Crippen molar-refractivity contribution in [1.29, 1.82) is 0 Å². The third kappa shape index (κ3) is 5.47. The summed E-state index contributed by atoms with van der Waals surface area (Å²) in [4.78, 5) is 47.0. The van der Waals surface area contributed by atoms with Gasteiger partial charge in [0.25, 0.3) is 5.69 Å². The number of Topliss-reactive ketones (excluding diaryl/α,β-unsaturated/α-hetero) is 1. The van der Waals surface area contributed by atoms with Crippen molar-refractivity contribution in [1.82, 2.24) is 0 Å². The lowest BCUT2D eigenvalue weighted by molar-refractivity contribution is -0.385. The molecule has 1 amide bonds. The van der Waals surface area contributed by atoms with Crippen molar-refractivity contribution in [3.05, 3.63) is 69.3 Å². The number of benzene rings is 2. The van der Waals surface area contributed by atoms with Crippen LogP contribution in [0.3, 0.4) is 0 Å². The summed E-state index contributed by atoms with van der Waals surface area (Å²) in [7, 11) is 0. The Morgan fingerprint density at radius 1 is 1.07 bits per heavy atom. The fourth-order valence-corrected chi connectivity index (χ4v) is 2.42. The number of anilines is 1. The number of para-hydroxylation sites is 1. The molecular weight excluding hydrogens is 376 g/mol. The number of amides is 1. The Hall–Kier alpha value is -3.55. The number of rotatable bonds is 6. The number of ether oxygens (including phenoxy) is 1. The molecular formula is C21H22N2O6. The highest BCUT2D eigenvalue weighted by molar-refractivity contribution is 6.01. The van der Waals surface area contributed by atoms with Crippen LogP contribution in [0.5, 0.6) is 0 Å².